The van der Waals surface area contributed by atoms with Gasteiger partial charge >= 0.3 is 11.9 Å². The molecule has 260 valence electrons. The van der Waals surface area contributed by atoms with Crippen LogP contribution in [0.2, 0.25) is 0 Å². The molecule has 0 bridgehead atoms. The molecule has 1 aromatic heterocycles. The number of aromatic nitrogens is 2. The number of nitrogens with one attached hydrogen (secondary N) is 2. The van der Waals surface area contributed by atoms with Crippen LogP contribution in [0.1, 0.15) is 69.6 Å². The van der Waals surface area contributed by atoms with Gasteiger partial charge in [0.05, 0.1) is 43.2 Å². The zero-order valence-electron chi connectivity index (χ0n) is 28.0. The first-order chi connectivity index (χ1) is 23.6. The number of amidine groups is 1. The largest absolute Gasteiger partial charge is 0.857 e. The number of nitrogens with zero attached hydrogens (tertiary/aromatic N) is 5. The van der Waals surface area contributed by atoms with Crippen molar-refractivity contribution < 1.29 is 44.0 Å². The van der Waals surface area contributed by atoms with Gasteiger partial charge in [0.15, 0.2) is 12.4 Å². The summed E-state index contributed by atoms with van der Waals surface area (Å²) in [5, 5.41) is 42.4. The Labute approximate surface area is 283 Å². The summed E-state index contributed by atoms with van der Waals surface area (Å²) in [5.74, 6) is 0.0425. The van der Waals surface area contributed by atoms with Crippen LogP contribution in [0.3, 0.4) is 0 Å². The second-order valence-electron chi connectivity index (χ2n) is 12.4. The lowest BCUT2D eigenvalue weighted by molar-refractivity contribution is -0.730. The van der Waals surface area contributed by atoms with Crippen LogP contribution in [-0.2, 0) is 29.1 Å². The molecule has 0 aliphatic carbocycles. The molecule has 49 heavy (non-hydrogen) atoms. The standard InChI is InChI=1S/C34H41N7O8/c1-5-7-8-9-11-34(3,45)23-16-20-26(49-23)21(17-42)28-24(27(20)46-4)19(15-22(48-28)31(44)47-6-2)10-13-40-14-12-36-33(40)41-18-37-25-29(41)38-32(35)39-30(25)43/h10,12,14-15,23,42,45H,5-9,11,13,16-18H2,1-4H3,(H2,35,39,43). The van der Waals surface area contributed by atoms with Crippen LogP contribution >= 0.6 is 0 Å². The highest BCUT2D eigenvalue weighted by molar-refractivity contribution is 6.66. The van der Waals surface area contributed by atoms with Gasteiger partial charge in [-0.3, -0.25) is 9.98 Å². The first-order valence-corrected chi connectivity index (χ1v) is 16.5. The number of ether oxygens (including phenoxy) is 4. The van der Waals surface area contributed by atoms with Gasteiger partial charge in [0.2, 0.25) is 11.7 Å². The molecule has 4 N–H and O–H groups in total. The summed E-state index contributed by atoms with van der Waals surface area (Å²) < 4.78 is 25.6. The number of methoxy groups -OCH3 is 1. The van der Waals surface area contributed by atoms with Crippen molar-refractivity contribution in [3.63, 3.8) is 0 Å². The number of fused-ring (bicyclic) bond motifs is 3. The monoisotopic (exact) mass is 675 g/mol. The van der Waals surface area contributed by atoms with E-state index in [2.05, 4.69) is 26.9 Å². The van der Waals surface area contributed by atoms with E-state index in [1.165, 1.54) is 7.11 Å². The van der Waals surface area contributed by atoms with Crippen molar-refractivity contribution in [2.45, 2.75) is 84.2 Å². The van der Waals surface area contributed by atoms with Crippen LogP contribution in [0.25, 0.3) is 5.57 Å². The Kier molecular flexibility index (Phi) is 9.68. The van der Waals surface area contributed by atoms with E-state index in [-0.39, 0.29) is 42.9 Å². The lowest BCUT2D eigenvalue weighted by atomic mass is 9.87. The maximum atomic E-state index is 13.0. The summed E-state index contributed by atoms with van der Waals surface area (Å²) >= 11 is 0. The number of aliphatic hydroxyl groups is 2. The van der Waals surface area contributed by atoms with Crippen LogP contribution in [0.5, 0.6) is 17.2 Å². The second kappa shape index (κ2) is 13.9. The minimum absolute atomic E-state index is 0.0822. The molecule has 0 amide bonds. The number of unbranched alkanes of at least 4 members (excludes halogenated alkanes) is 3. The molecule has 4 aliphatic rings. The molecular formula is C34H41N7O8. The maximum Gasteiger partial charge on any atom is 0.374 e. The number of aliphatic hydroxyl groups excluding tert-OH is 1. The predicted octanol–water partition coefficient (Wildman–Crippen LogP) is 1.37. The summed E-state index contributed by atoms with van der Waals surface area (Å²) in [6, 6.07) is 0. The van der Waals surface area contributed by atoms with Crippen molar-refractivity contribution in [1.29, 1.82) is 5.41 Å². The summed E-state index contributed by atoms with van der Waals surface area (Å²) in [7, 11) is 1.53. The predicted molar refractivity (Wildman–Crippen MR) is 177 cm³/mol. The third kappa shape index (κ3) is 6.36. The van der Waals surface area contributed by atoms with E-state index in [1.807, 2.05) is 10.6 Å². The number of benzene rings is 1. The van der Waals surface area contributed by atoms with E-state index in [4.69, 9.17) is 24.4 Å². The van der Waals surface area contributed by atoms with E-state index in [0.717, 1.165) is 25.7 Å². The highest BCUT2D eigenvalue weighted by Gasteiger charge is 2.44. The molecule has 0 saturated carbocycles. The van der Waals surface area contributed by atoms with Crippen molar-refractivity contribution in [1.82, 2.24) is 9.55 Å². The van der Waals surface area contributed by atoms with Crippen molar-refractivity contribution >= 4 is 40.9 Å². The van der Waals surface area contributed by atoms with Gasteiger partial charge in [-0.1, -0.05) is 38.7 Å². The smallest absolute Gasteiger partial charge is 0.374 e. The van der Waals surface area contributed by atoms with E-state index >= 15 is 0 Å². The van der Waals surface area contributed by atoms with Gasteiger partial charge in [-0.25, -0.2) is 19.7 Å². The summed E-state index contributed by atoms with van der Waals surface area (Å²) in [5.41, 5.74) is 1.07. The number of esters is 1. The number of quaternary nitrogens is 1. The molecular weight excluding hydrogens is 634 g/mol. The highest BCUT2D eigenvalue weighted by atomic mass is 16.6. The van der Waals surface area contributed by atoms with Crippen LogP contribution in [0.15, 0.2) is 45.3 Å². The zero-order chi connectivity index (χ0) is 34.9. The number of imidazole rings is 1. The maximum absolute atomic E-state index is 13.0. The molecule has 0 saturated heterocycles. The first-order valence-electron chi connectivity index (χ1n) is 16.5. The first kappa shape index (κ1) is 34.0. The molecule has 3 unspecified atom stereocenters. The fourth-order valence-electron chi connectivity index (χ4n) is 6.59. The Hall–Kier alpha value is -4.86. The minimum Gasteiger partial charge on any atom is -0.857 e. The Balaban J connectivity index is 1.38. The van der Waals surface area contributed by atoms with Crippen molar-refractivity contribution in [2.24, 2.45) is 15.0 Å². The quantitative estimate of drug-likeness (QED) is 0.179. The molecule has 1 aromatic carbocycles. The number of aliphatic imine (C=N–C) groups is 3. The fraction of sp³-hybridized carbons (Fsp3) is 0.471. The van der Waals surface area contributed by atoms with Crippen LogP contribution < -0.4 is 24.2 Å². The van der Waals surface area contributed by atoms with Crippen molar-refractivity contribution in [3.8, 4) is 17.2 Å². The van der Waals surface area contributed by atoms with Gasteiger partial charge in [-0.15, -0.1) is 0 Å². The molecule has 6 rings (SSSR count). The summed E-state index contributed by atoms with van der Waals surface area (Å²) in [6.45, 7) is 5.68. The van der Waals surface area contributed by atoms with Crippen molar-refractivity contribution in [2.75, 3.05) is 20.4 Å². The van der Waals surface area contributed by atoms with E-state index in [0.29, 0.717) is 57.5 Å². The van der Waals surface area contributed by atoms with Gasteiger partial charge in [0.1, 0.15) is 23.4 Å². The molecule has 15 nitrogen and oxygen atoms in total. The number of carbonyl (C=O) groups is 1. The molecule has 0 radical (unpaired) electrons. The van der Waals surface area contributed by atoms with E-state index < -0.39 is 36.1 Å². The average Bonchev–Trinajstić information content (AvgIpc) is 3.83. The average molecular weight is 676 g/mol. The third-order valence-electron chi connectivity index (χ3n) is 9.08. The topological polar surface area (TPSA) is 201 Å². The Morgan fingerprint density at radius 2 is 2.08 bits per heavy atom. The highest BCUT2D eigenvalue weighted by Crippen LogP contribution is 2.53. The van der Waals surface area contributed by atoms with Crippen LogP contribution in [0.4, 0.5) is 5.95 Å². The SMILES string of the molecule is CCCCCCC(C)(O)C1Cc2c(c(CO)c3c(c2OC)C(=CCn2ccnc2[NH+]2CN=C4C([O-])=NC(=N)N=C42)C=C(C(=O)OCC)O3)O1. The fourth-order valence-corrected chi connectivity index (χ4v) is 6.59. The number of guanidine groups is 1. The van der Waals surface area contributed by atoms with Crippen LogP contribution in [-0.4, -0.2) is 81.2 Å². The molecule has 15 heteroatoms. The zero-order valence-corrected chi connectivity index (χ0v) is 28.0. The number of hydrogen-bond acceptors (Lipinski definition) is 11. The minimum atomic E-state index is -1.14. The van der Waals surface area contributed by atoms with Gasteiger partial charge in [-0.05, 0) is 31.9 Å². The summed E-state index contributed by atoms with van der Waals surface area (Å²) in [6.07, 6.45) is 11.1. The lowest BCUT2D eigenvalue weighted by Crippen LogP contribution is -3.10. The molecule has 3 atom stereocenters. The Morgan fingerprint density at radius 3 is 2.82 bits per heavy atom. The normalized spacial score (nSPS) is 21.3. The summed E-state index contributed by atoms with van der Waals surface area (Å²) in [4.78, 5) is 30.1. The number of hydrogen-bond donors (Lipinski definition) is 4. The number of rotatable bonds is 13. The molecule has 0 fully saturated rings. The van der Waals surface area contributed by atoms with E-state index in [9.17, 15) is 20.1 Å². The third-order valence-corrected chi connectivity index (χ3v) is 9.08. The molecule has 2 aromatic rings. The molecule has 4 aliphatic heterocycles. The Bertz CT molecular complexity index is 1820. The van der Waals surface area contributed by atoms with Crippen LogP contribution in [0, 0.1) is 5.41 Å². The molecule has 5 heterocycles. The van der Waals surface area contributed by atoms with Gasteiger partial charge in [-0.2, -0.15) is 9.98 Å². The molecule has 0 spiro atoms. The second-order valence-corrected chi connectivity index (χ2v) is 12.4. The number of allylic oxidation sites excluding steroid dienone is 3. The Morgan fingerprint density at radius 1 is 1.27 bits per heavy atom. The number of carbonyl (C=O) groups excluding carboxylic acids is 1. The van der Waals surface area contributed by atoms with Gasteiger partial charge in [0.25, 0.3) is 5.84 Å². The van der Waals surface area contributed by atoms with E-state index in [1.54, 1.807) is 32.3 Å². The van der Waals surface area contributed by atoms with Crippen molar-refractivity contribution in [3.05, 3.63) is 47.0 Å². The van der Waals surface area contributed by atoms with Gasteiger partial charge < -0.3 is 34.3 Å². The van der Waals surface area contributed by atoms with Gasteiger partial charge in [0, 0.05) is 30.6 Å². The lowest BCUT2D eigenvalue weighted by Gasteiger charge is -2.29.